The number of piperidine rings is 1. The SMILES string of the molecule is COc1cc(N2CCC3(CCC(N4CCN(C(=O)OCc5ccccc5)CC4)CC3)CC2)c(-c2cnn(C)c2)cc1[N+](=O)[O-]. The normalized spacial score (nSPS) is 19.2. The molecule has 2 saturated heterocycles. The van der Waals surface area contributed by atoms with E-state index in [0.717, 1.165) is 61.4 Å². The molecule has 1 amide bonds. The number of ether oxygens (including phenoxy) is 2. The molecule has 3 aliphatic rings. The summed E-state index contributed by atoms with van der Waals surface area (Å²) >= 11 is 0. The maximum atomic E-state index is 12.6. The minimum absolute atomic E-state index is 0.0354. The molecule has 0 unspecified atom stereocenters. The second-order valence-electron chi connectivity index (χ2n) is 12.5. The number of aryl methyl sites for hydroxylation is 1. The number of amides is 1. The molecule has 2 aliphatic heterocycles. The Morgan fingerprint density at radius 2 is 1.73 bits per heavy atom. The van der Waals surface area contributed by atoms with Crippen LogP contribution in [0.4, 0.5) is 16.2 Å². The number of nitro groups is 1. The fourth-order valence-corrected chi connectivity index (χ4v) is 7.30. The first-order valence-corrected chi connectivity index (χ1v) is 15.6. The number of rotatable bonds is 7. The first-order valence-electron chi connectivity index (χ1n) is 15.6. The molecule has 2 aromatic carbocycles. The molecule has 11 nitrogen and oxygen atoms in total. The summed E-state index contributed by atoms with van der Waals surface area (Å²) < 4.78 is 12.7. The molecule has 11 heteroatoms. The Hall–Kier alpha value is -4.12. The Balaban J connectivity index is 1.03. The van der Waals surface area contributed by atoms with E-state index in [9.17, 15) is 14.9 Å². The zero-order chi connectivity index (χ0) is 30.7. The van der Waals surface area contributed by atoms with Gasteiger partial charge in [-0.15, -0.1) is 0 Å². The quantitative estimate of drug-likeness (QED) is 0.258. The van der Waals surface area contributed by atoms with Gasteiger partial charge in [-0.3, -0.25) is 19.7 Å². The van der Waals surface area contributed by atoms with Crippen molar-refractivity contribution < 1.29 is 19.2 Å². The van der Waals surface area contributed by atoms with Gasteiger partial charge >= 0.3 is 11.8 Å². The van der Waals surface area contributed by atoms with Crippen molar-refractivity contribution in [2.45, 2.75) is 51.2 Å². The first kappa shape index (κ1) is 29.9. The smallest absolute Gasteiger partial charge is 0.410 e. The van der Waals surface area contributed by atoms with E-state index in [0.29, 0.717) is 31.2 Å². The number of piperazine rings is 1. The maximum absolute atomic E-state index is 12.6. The van der Waals surface area contributed by atoms with E-state index in [1.54, 1.807) is 16.9 Å². The van der Waals surface area contributed by atoms with Crippen molar-refractivity contribution in [1.29, 1.82) is 0 Å². The van der Waals surface area contributed by atoms with Gasteiger partial charge in [-0.2, -0.15) is 5.10 Å². The standard InChI is InChI=1S/C33H42N6O5/c1-35-23-26(22-34-35)28-20-30(39(41)42)31(43-2)21-29(28)37-14-12-33(13-15-37)10-8-27(9-11-33)36-16-18-38(19-17-36)32(40)44-24-25-6-4-3-5-7-25/h3-7,20-23,27H,8-19,24H2,1-2H3. The highest BCUT2D eigenvalue weighted by Crippen LogP contribution is 2.48. The van der Waals surface area contributed by atoms with Crippen LogP contribution in [0, 0.1) is 15.5 Å². The summed E-state index contributed by atoms with van der Waals surface area (Å²) in [6.07, 6.45) is 10.4. The summed E-state index contributed by atoms with van der Waals surface area (Å²) in [6, 6.07) is 13.8. The molecule has 234 valence electrons. The third kappa shape index (κ3) is 6.38. The van der Waals surface area contributed by atoms with Crippen LogP contribution in [0.3, 0.4) is 0 Å². The van der Waals surface area contributed by atoms with Crippen LogP contribution in [-0.4, -0.2) is 83.0 Å². The number of carbonyl (C=O) groups excluding carboxylic acids is 1. The first-order chi connectivity index (χ1) is 21.3. The molecule has 1 aromatic heterocycles. The van der Waals surface area contributed by atoms with Crippen molar-refractivity contribution in [2.75, 3.05) is 51.3 Å². The molecule has 6 rings (SSSR count). The number of hydrogen-bond acceptors (Lipinski definition) is 8. The number of carbonyl (C=O) groups is 1. The van der Waals surface area contributed by atoms with E-state index in [1.807, 2.05) is 54.5 Å². The summed E-state index contributed by atoms with van der Waals surface area (Å²) in [5.74, 6) is 0.281. The lowest BCUT2D eigenvalue weighted by Crippen LogP contribution is -2.53. The lowest BCUT2D eigenvalue weighted by Gasteiger charge is -2.49. The molecule has 1 spiro atoms. The Morgan fingerprint density at radius 3 is 2.34 bits per heavy atom. The fourth-order valence-electron chi connectivity index (χ4n) is 7.30. The van der Waals surface area contributed by atoms with Crippen LogP contribution < -0.4 is 9.64 Å². The number of methoxy groups -OCH3 is 1. The lowest BCUT2D eigenvalue weighted by atomic mass is 9.66. The summed E-state index contributed by atoms with van der Waals surface area (Å²) in [6.45, 7) is 5.33. The van der Waals surface area contributed by atoms with Gasteiger partial charge in [0.2, 0.25) is 0 Å². The highest BCUT2D eigenvalue weighted by Gasteiger charge is 2.40. The highest BCUT2D eigenvalue weighted by molar-refractivity contribution is 5.82. The number of hydrogen-bond donors (Lipinski definition) is 0. The van der Waals surface area contributed by atoms with E-state index >= 15 is 0 Å². The van der Waals surface area contributed by atoms with Gasteiger partial charge in [0, 0.05) is 87.5 Å². The Labute approximate surface area is 258 Å². The molecule has 3 heterocycles. The molecule has 0 N–H and O–H groups in total. The Morgan fingerprint density at radius 1 is 1.02 bits per heavy atom. The third-order valence-corrected chi connectivity index (χ3v) is 9.98. The van der Waals surface area contributed by atoms with Crippen LogP contribution in [0.2, 0.25) is 0 Å². The van der Waals surface area contributed by atoms with Gasteiger partial charge in [-0.05, 0) is 49.5 Å². The Kier molecular flexibility index (Phi) is 8.74. The minimum atomic E-state index is -0.385. The van der Waals surface area contributed by atoms with E-state index in [4.69, 9.17) is 9.47 Å². The number of nitro benzene ring substituents is 1. The van der Waals surface area contributed by atoms with E-state index in [2.05, 4.69) is 14.9 Å². The lowest BCUT2D eigenvalue weighted by molar-refractivity contribution is -0.385. The summed E-state index contributed by atoms with van der Waals surface area (Å²) in [5.41, 5.74) is 3.95. The van der Waals surface area contributed by atoms with Crippen molar-refractivity contribution in [1.82, 2.24) is 19.6 Å². The molecule has 1 saturated carbocycles. The third-order valence-electron chi connectivity index (χ3n) is 9.98. The summed E-state index contributed by atoms with van der Waals surface area (Å²) in [5, 5.41) is 16.1. The monoisotopic (exact) mass is 602 g/mol. The fraction of sp³-hybridized carbons (Fsp3) is 0.515. The predicted octanol–water partition coefficient (Wildman–Crippen LogP) is 5.49. The molecular formula is C33H42N6O5. The number of benzene rings is 2. The molecule has 44 heavy (non-hydrogen) atoms. The molecular weight excluding hydrogens is 560 g/mol. The molecule has 0 bridgehead atoms. The zero-order valence-corrected chi connectivity index (χ0v) is 25.7. The maximum Gasteiger partial charge on any atom is 0.410 e. The van der Waals surface area contributed by atoms with Gasteiger partial charge in [0.1, 0.15) is 6.61 Å². The van der Waals surface area contributed by atoms with Crippen LogP contribution in [0.25, 0.3) is 11.1 Å². The minimum Gasteiger partial charge on any atom is -0.490 e. The van der Waals surface area contributed by atoms with Gasteiger partial charge in [0.15, 0.2) is 5.75 Å². The zero-order valence-electron chi connectivity index (χ0n) is 25.7. The van der Waals surface area contributed by atoms with Crippen LogP contribution in [0.15, 0.2) is 54.9 Å². The van der Waals surface area contributed by atoms with Gasteiger partial charge < -0.3 is 19.3 Å². The van der Waals surface area contributed by atoms with Gasteiger partial charge in [-0.1, -0.05) is 30.3 Å². The van der Waals surface area contributed by atoms with Gasteiger partial charge in [0.05, 0.1) is 18.2 Å². The molecule has 3 aromatic rings. The largest absolute Gasteiger partial charge is 0.490 e. The average molecular weight is 603 g/mol. The summed E-state index contributed by atoms with van der Waals surface area (Å²) in [4.78, 5) is 30.8. The topological polar surface area (TPSA) is 106 Å². The summed E-state index contributed by atoms with van der Waals surface area (Å²) in [7, 11) is 3.33. The molecule has 3 fully saturated rings. The van der Waals surface area contributed by atoms with Crippen molar-refractivity contribution in [3.8, 4) is 16.9 Å². The van der Waals surface area contributed by atoms with E-state index < -0.39 is 0 Å². The van der Waals surface area contributed by atoms with Crippen LogP contribution in [0.5, 0.6) is 5.75 Å². The van der Waals surface area contributed by atoms with E-state index in [-0.39, 0.29) is 22.5 Å². The van der Waals surface area contributed by atoms with Crippen molar-refractivity contribution in [3.05, 3.63) is 70.5 Å². The second-order valence-corrected chi connectivity index (χ2v) is 12.5. The number of nitrogens with zero attached hydrogens (tertiary/aromatic N) is 6. The van der Waals surface area contributed by atoms with Crippen LogP contribution >= 0.6 is 0 Å². The van der Waals surface area contributed by atoms with E-state index in [1.165, 1.54) is 32.8 Å². The van der Waals surface area contributed by atoms with Gasteiger partial charge in [0.25, 0.3) is 0 Å². The highest BCUT2D eigenvalue weighted by atomic mass is 16.6. The van der Waals surface area contributed by atoms with Crippen molar-refractivity contribution in [3.63, 3.8) is 0 Å². The van der Waals surface area contributed by atoms with Crippen molar-refractivity contribution in [2.24, 2.45) is 12.5 Å². The number of anilines is 1. The molecule has 0 atom stereocenters. The van der Waals surface area contributed by atoms with Crippen molar-refractivity contribution >= 4 is 17.5 Å². The number of aromatic nitrogens is 2. The molecule has 0 radical (unpaired) electrons. The predicted molar refractivity (Wildman–Crippen MR) is 168 cm³/mol. The van der Waals surface area contributed by atoms with Crippen LogP contribution in [-0.2, 0) is 18.4 Å². The van der Waals surface area contributed by atoms with Crippen LogP contribution in [0.1, 0.15) is 44.1 Å². The Bertz CT molecular complexity index is 1450. The molecule has 1 aliphatic carbocycles. The van der Waals surface area contributed by atoms with Gasteiger partial charge in [-0.25, -0.2) is 4.79 Å². The average Bonchev–Trinajstić information content (AvgIpc) is 3.50. The second kappa shape index (κ2) is 12.9.